The Bertz CT molecular complexity index is 1100. The number of allylic oxidation sites excluding steroid dienone is 1. The number of likely N-dealkylation sites (N-methyl/N-ethyl adjacent to an activating group) is 1. The van der Waals surface area contributed by atoms with E-state index in [0.717, 1.165) is 56.3 Å². The summed E-state index contributed by atoms with van der Waals surface area (Å²) in [6.07, 6.45) is 12.4. The smallest absolute Gasteiger partial charge is 0.239 e. The molecule has 2 aromatic rings. The van der Waals surface area contributed by atoms with Gasteiger partial charge in [0.2, 0.25) is 11.8 Å². The van der Waals surface area contributed by atoms with E-state index < -0.39 is 0 Å². The summed E-state index contributed by atoms with van der Waals surface area (Å²) in [6.45, 7) is 5.91. The molecule has 1 fully saturated rings. The number of phenolic OH excluding ortho intramolecular Hbond substituents is 1. The standard InChI is InChI=1S/C25H39N5O2.C7H8O/c1-3-4-11-22-25(20-12-13-20)28-16-6-9-19-8-5-14-26-21(19)10-7-15-27-23(31)17-29-24(32)18-30(22)2;1-6-3-2-4-7(8)5-6/h5,8,11,14,20,25,28H,3-4,6-7,9-10,12-13,15-18H2,1-2H3,(H,27,31)(H,29,32);2-5,8H,1H3. The fourth-order valence-corrected chi connectivity index (χ4v) is 4.93. The number of carbonyl (C=O) groups excluding carboxylic acids is 2. The molecule has 8 nitrogen and oxygen atoms in total. The second-order valence-corrected chi connectivity index (χ2v) is 10.8. The zero-order valence-corrected chi connectivity index (χ0v) is 24.4. The first-order valence-corrected chi connectivity index (χ1v) is 14.7. The molecule has 2 aliphatic rings. The van der Waals surface area contributed by atoms with Crippen LogP contribution in [0.1, 0.15) is 62.3 Å². The number of phenols is 1. The lowest BCUT2D eigenvalue weighted by Crippen LogP contribution is -2.45. The van der Waals surface area contributed by atoms with E-state index in [9.17, 15) is 9.59 Å². The van der Waals surface area contributed by atoms with Gasteiger partial charge >= 0.3 is 0 Å². The molecule has 0 radical (unpaired) electrons. The molecule has 2 amide bonds. The molecule has 0 bridgehead atoms. The molecule has 0 saturated heterocycles. The topological polar surface area (TPSA) is 107 Å². The lowest BCUT2D eigenvalue weighted by atomic mass is 10.0. The highest BCUT2D eigenvalue weighted by atomic mass is 16.3. The van der Waals surface area contributed by atoms with Gasteiger partial charge in [0.25, 0.3) is 0 Å². The summed E-state index contributed by atoms with van der Waals surface area (Å²) in [4.78, 5) is 31.3. The summed E-state index contributed by atoms with van der Waals surface area (Å²) in [5, 5.41) is 18.3. The largest absolute Gasteiger partial charge is 0.508 e. The van der Waals surface area contributed by atoms with Crippen LogP contribution in [-0.2, 0) is 22.4 Å². The molecule has 1 aliphatic heterocycles. The number of amides is 2. The van der Waals surface area contributed by atoms with E-state index in [0.29, 0.717) is 18.2 Å². The van der Waals surface area contributed by atoms with Crippen molar-refractivity contribution in [2.45, 2.75) is 71.3 Å². The van der Waals surface area contributed by atoms with Crippen LogP contribution in [0.4, 0.5) is 0 Å². The second kappa shape index (κ2) is 16.7. The zero-order chi connectivity index (χ0) is 28.7. The van der Waals surface area contributed by atoms with E-state index in [-0.39, 0.29) is 30.9 Å². The highest BCUT2D eigenvalue weighted by Gasteiger charge is 2.34. The van der Waals surface area contributed by atoms with Crippen molar-refractivity contribution in [1.29, 1.82) is 0 Å². The van der Waals surface area contributed by atoms with Gasteiger partial charge in [-0.25, -0.2) is 0 Å². The Kier molecular flexibility index (Phi) is 13.0. The molecule has 1 aromatic heterocycles. The molecule has 1 unspecified atom stereocenters. The van der Waals surface area contributed by atoms with Crippen molar-refractivity contribution in [3.8, 4) is 5.75 Å². The van der Waals surface area contributed by atoms with Crippen LogP contribution in [0.5, 0.6) is 5.75 Å². The molecule has 2 heterocycles. The summed E-state index contributed by atoms with van der Waals surface area (Å²) >= 11 is 0. The van der Waals surface area contributed by atoms with Crippen molar-refractivity contribution in [3.05, 3.63) is 71.2 Å². The van der Waals surface area contributed by atoms with E-state index >= 15 is 0 Å². The number of carbonyl (C=O) groups is 2. The average Bonchev–Trinajstić information content (AvgIpc) is 3.77. The monoisotopic (exact) mass is 549 g/mol. The Morgan fingerprint density at radius 1 is 1.05 bits per heavy atom. The van der Waals surface area contributed by atoms with Crippen LogP contribution in [0.25, 0.3) is 0 Å². The number of aryl methyl sites for hydroxylation is 3. The number of rotatable bonds is 3. The fourth-order valence-electron chi connectivity index (χ4n) is 4.93. The predicted molar refractivity (Wildman–Crippen MR) is 160 cm³/mol. The van der Waals surface area contributed by atoms with Gasteiger partial charge in [0.15, 0.2) is 0 Å². The maximum Gasteiger partial charge on any atom is 0.239 e. The predicted octanol–water partition coefficient (Wildman–Crippen LogP) is 3.88. The third kappa shape index (κ3) is 11.0. The van der Waals surface area contributed by atoms with Crippen LogP contribution >= 0.6 is 0 Å². The highest BCUT2D eigenvalue weighted by molar-refractivity contribution is 5.85. The van der Waals surface area contributed by atoms with E-state index in [1.807, 2.05) is 38.4 Å². The van der Waals surface area contributed by atoms with Crippen LogP contribution in [0, 0.1) is 12.8 Å². The van der Waals surface area contributed by atoms with Gasteiger partial charge in [0, 0.05) is 37.2 Å². The van der Waals surface area contributed by atoms with Crippen LogP contribution in [0.15, 0.2) is 54.4 Å². The maximum atomic E-state index is 12.5. The zero-order valence-electron chi connectivity index (χ0n) is 24.4. The third-order valence-corrected chi connectivity index (χ3v) is 7.21. The summed E-state index contributed by atoms with van der Waals surface area (Å²) < 4.78 is 0. The van der Waals surface area contributed by atoms with Crippen molar-refractivity contribution in [1.82, 2.24) is 25.8 Å². The van der Waals surface area contributed by atoms with Crippen LogP contribution in [0.2, 0.25) is 0 Å². The number of hydrogen-bond donors (Lipinski definition) is 4. The van der Waals surface area contributed by atoms with Crippen molar-refractivity contribution >= 4 is 11.8 Å². The average molecular weight is 550 g/mol. The minimum Gasteiger partial charge on any atom is -0.508 e. The van der Waals surface area contributed by atoms with Crippen molar-refractivity contribution in [2.24, 2.45) is 5.92 Å². The molecule has 4 N–H and O–H groups in total. The maximum absolute atomic E-state index is 12.5. The first kappa shape index (κ1) is 31.1. The van der Waals surface area contributed by atoms with Gasteiger partial charge < -0.3 is 26.0 Å². The Morgan fingerprint density at radius 3 is 2.55 bits per heavy atom. The number of benzene rings is 1. The molecule has 8 heteroatoms. The molecule has 1 aliphatic carbocycles. The Balaban J connectivity index is 0.000000472. The normalized spacial score (nSPS) is 20.7. The van der Waals surface area contributed by atoms with Crippen molar-refractivity contribution < 1.29 is 14.7 Å². The molecule has 1 aromatic carbocycles. The van der Waals surface area contributed by atoms with Crippen LogP contribution in [-0.4, -0.2) is 66.1 Å². The lowest BCUT2D eigenvalue weighted by Gasteiger charge is -2.30. The SMILES string of the molecule is CCCC=C1C(C2CC2)NCCCc2cccnc2CCCNC(=O)CNC(=O)CN1C.Cc1cccc(O)c1. The van der Waals surface area contributed by atoms with Gasteiger partial charge in [-0.3, -0.25) is 14.6 Å². The summed E-state index contributed by atoms with van der Waals surface area (Å²) in [7, 11) is 1.98. The van der Waals surface area contributed by atoms with Crippen molar-refractivity contribution in [2.75, 3.05) is 33.2 Å². The van der Waals surface area contributed by atoms with Gasteiger partial charge in [-0.05, 0) is 93.7 Å². The molecule has 1 saturated carbocycles. The Morgan fingerprint density at radius 2 is 1.85 bits per heavy atom. The number of hydrogen-bond acceptors (Lipinski definition) is 6. The number of pyridine rings is 1. The molecular formula is C32H47N5O3. The highest BCUT2D eigenvalue weighted by Crippen LogP contribution is 2.36. The number of nitrogens with zero attached hydrogens (tertiary/aromatic N) is 2. The van der Waals surface area contributed by atoms with Gasteiger partial charge in [-0.1, -0.05) is 37.6 Å². The first-order valence-electron chi connectivity index (χ1n) is 14.7. The van der Waals surface area contributed by atoms with Crippen LogP contribution in [0.3, 0.4) is 0 Å². The number of unbranched alkanes of at least 4 members (excludes halogenated alkanes) is 1. The molecular weight excluding hydrogens is 502 g/mol. The second-order valence-electron chi connectivity index (χ2n) is 10.8. The molecule has 218 valence electrons. The van der Waals surface area contributed by atoms with Gasteiger partial charge in [0.1, 0.15) is 5.75 Å². The summed E-state index contributed by atoms with van der Waals surface area (Å²) in [5.74, 6) is 0.695. The Hall–Kier alpha value is -3.39. The van der Waals surface area contributed by atoms with E-state index in [1.54, 1.807) is 12.1 Å². The quantitative estimate of drug-likeness (QED) is 0.463. The van der Waals surface area contributed by atoms with Crippen molar-refractivity contribution in [3.63, 3.8) is 0 Å². The molecule has 1 atom stereocenters. The Labute approximate surface area is 239 Å². The number of aromatic hydroxyl groups is 1. The minimum atomic E-state index is -0.150. The third-order valence-electron chi connectivity index (χ3n) is 7.21. The number of fused-ring (bicyclic) bond motifs is 1. The summed E-state index contributed by atoms with van der Waals surface area (Å²) in [6, 6.07) is 11.6. The number of nitrogens with one attached hydrogen (secondary N) is 3. The van der Waals surface area contributed by atoms with E-state index in [4.69, 9.17) is 5.11 Å². The molecule has 4 rings (SSSR count). The summed E-state index contributed by atoms with van der Waals surface area (Å²) in [5.41, 5.74) is 4.72. The first-order chi connectivity index (χ1) is 19.4. The van der Waals surface area contributed by atoms with Gasteiger partial charge in [0.05, 0.1) is 13.1 Å². The van der Waals surface area contributed by atoms with E-state index in [2.05, 4.69) is 44.9 Å². The molecule has 0 spiro atoms. The van der Waals surface area contributed by atoms with Crippen LogP contribution < -0.4 is 16.0 Å². The van der Waals surface area contributed by atoms with Gasteiger partial charge in [-0.15, -0.1) is 0 Å². The fraction of sp³-hybridized carbons (Fsp3) is 0.531. The minimum absolute atomic E-state index is 0.0137. The lowest BCUT2D eigenvalue weighted by molar-refractivity contribution is -0.126. The van der Waals surface area contributed by atoms with Gasteiger partial charge in [-0.2, -0.15) is 0 Å². The molecule has 40 heavy (non-hydrogen) atoms. The van der Waals surface area contributed by atoms with E-state index in [1.165, 1.54) is 24.1 Å². The number of aromatic nitrogens is 1.